The Hall–Kier alpha value is -3.70. The van der Waals surface area contributed by atoms with E-state index in [2.05, 4.69) is 22.1 Å². The standard InChI is InChI=1S/C24H19N3O2/c25-13-16-5-3-4-15(10-16)11-22-20-12-17(8-9-18(20)14-29-22)23-26-21-7-2-1-6-19(21)24(28)27-23/h1-10,12,14H,11,13,25H2,(H,26,27,28). The fourth-order valence-electron chi connectivity index (χ4n) is 3.66. The summed E-state index contributed by atoms with van der Waals surface area (Å²) < 4.78 is 5.85. The third-order valence-corrected chi connectivity index (χ3v) is 5.16. The molecule has 5 aromatic rings. The number of nitrogens with two attached hydrogens (primary N) is 1. The number of hydrogen-bond acceptors (Lipinski definition) is 4. The largest absolute Gasteiger partial charge is 0.468 e. The normalized spacial score (nSPS) is 11.3. The molecule has 0 aliphatic rings. The number of aromatic amines is 1. The zero-order chi connectivity index (χ0) is 19.8. The average Bonchev–Trinajstić information content (AvgIpc) is 3.16. The van der Waals surface area contributed by atoms with Gasteiger partial charge >= 0.3 is 0 Å². The van der Waals surface area contributed by atoms with Gasteiger partial charge in [0.2, 0.25) is 0 Å². The first-order valence-electron chi connectivity index (χ1n) is 9.49. The molecular formula is C24H19N3O2. The van der Waals surface area contributed by atoms with Crippen LogP contribution >= 0.6 is 0 Å². The van der Waals surface area contributed by atoms with Crippen molar-refractivity contribution in [1.82, 2.24) is 9.97 Å². The van der Waals surface area contributed by atoms with Crippen molar-refractivity contribution < 1.29 is 4.42 Å². The minimum absolute atomic E-state index is 0.142. The maximum atomic E-state index is 12.4. The van der Waals surface area contributed by atoms with Crippen LogP contribution in [-0.4, -0.2) is 9.97 Å². The van der Waals surface area contributed by atoms with Gasteiger partial charge in [0.15, 0.2) is 0 Å². The third kappa shape index (κ3) is 3.22. The number of aromatic nitrogens is 2. The van der Waals surface area contributed by atoms with Crippen LogP contribution in [0.15, 0.2) is 82.2 Å². The molecule has 5 nitrogen and oxygen atoms in total. The Bertz CT molecular complexity index is 1400. The molecule has 142 valence electrons. The Kier molecular flexibility index (Phi) is 4.22. The van der Waals surface area contributed by atoms with Gasteiger partial charge in [-0.3, -0.25) is 4.79 Å². The minimum Gasteiger partial charge on any atom is -0.468 e. The van der Waals surface area contributed by atoms with Crippen LogP contribution < -0.4 is 11.3 Å². The molecule has 0 radical (unpaired) electrons. The van der Waals surface area contributed by atoms with Crippen LogP contribution in [0.5, 0.6) is 0 Å². The van der Waals surface area contributed by atoms with Gasteiger partial charge in [0.25, 0.3) is 5.56 Å². The molecule has 0 saturated heterocycles. The lowest BCUT2D eigenvalue weighted by Crippen LogP contribution is -2.09. The van der Waals surface area contributed by atoms with E-state index in [1.54, 1.807) is 12.3 Å². The van der Waals surface area contributed by atoms with Crippen molar-refractivity contribution in [2.75, 3.05) is 0 Å². The number of rotatable bonds is 4. The van der Waals surface area contributed by atoms with E-state index in [1.807, 2.05) is 48.5 Å². The van der Waals surface area contributed by atoms with Crippen LogP contribution in [0.2, 0.25) is 0 Å². The van der Waals surface area contributed by atoms with Crippen molar-refractivity contribution in [2.45, 2.75) is 13.0 Å². The molecule has 5 heteroatoms. The highest BCUT2D eigenvalue weighted by Crippen LogP contribution is 2.28. The number of benzene rings is 3. The maximum absolute atomic E-state index is 12.4. The van der Waals surface area contributed by atoms with E-state index in [0.717, 1.165) is 33.2 Å². The van der Waals surface area contributed by atoms with Crippen LogP contribution in [-0.2, 0) is 13.0 Å². The van der Waals surface area contributed by atoms with Crippen molar-refractivity contribution >= 4 is 21.7 Å². The maximum Gasteiger partial charge on any atom is 0.259 e. The Morgan fingerprint density at radius 2 is 1.79 bits per heavy atom. The molecule has 0 saturated carbocycles. The van der Waals surface area contributed by atoms with E-state index < -0.39 is 0 Å². The lowest BCUT2D eigenvalue weighted by atomic mass is 10.0. The summed E-state index contributed by atoms with van der Waals surface area (Å²) in [4.78, 5) is 20.0. The van der Waals surface area contributed by atoms with Gasteiger partial charge in [-0.05, 0) is 29.3 Å². The Labute approximate surface area is 166 Å². The molecule has 0 unspecified atom stereocenters. The number of H-pyrrole nitrogens is 1. The molecule has 3 N–H and O–H groups in total. The smallest absolute Gasteiger partial charge is 0.259 e. The first kappa shape index (κ1) is 17.4. The van der Waals surface area contributed by atoms with Crippen molar-refractivity contribution in [2.24, 2.45) is 5.73 Å². The second-order valence-electron chi connectivity index (χ2n) is 7.09. The lowest BCUT2D eigenvalue weighted by Gasteiger charge is -2.05. The molecule has 2 aromatic heterocycles. The van der Waals surface area contributed by atoms with E-state index >= 15 is 0 Å². The molecule has 3 aromatic carbocycles. The second kappa shape index (κ2) is 7.04. The summed E-state index contributed by atoms with van der Waals surface area (Å²) in [7, 11) is 0. The van der Waals surface area contributed by atoms with Crippen molar-refractivity contribution in [3.8, 4) is 11.4 Å². The Morgan fingerprint density at radius 1 is 0.931 bits per heavy atom. The summed E-state index contributed by atoms with van der Waals surface area (Å²) in [5.41, 5.74) is 9.38. The van der Waals surface area contributed by atoms with Gasteiger partial charge in [0.05, 0.1) is 17.2 Å². The van der Waals surface area contributed by atoms with Gasteiger partial charge in [0.1, 0.15) is 11.6 Å². The van der Waals surface area contributed by atoms with Crippen LogP contribution in [0.25, 0.3) is 33.1 Å². The summed E-state index contributed by atoms with van der Waals surface area (Å²) in [6.45, 7) is 0.512. The fraction of sp³-hybridized carbons (Fsp3) is 0.0833. The molecule has 0 spiro atoms. The van der Waals surface area contributed by atoms with Crippen molar-refractivity contribution in [3.05, 3.63) is 100 Å². The molecule has 0 aliphatic heterocycles. The number of furan rings is 1. The van der Waals surface area contributed by atoms with Gasteiger partial charge in [0, 0.05) is 29.3 Å². The van der Waals surface area contributed by atoms with E-state index in [0.29, 0.717) is 29.7 Å². The topological polar surface area (TPSA) is 84.9 Å². The molecular weight excluding hydrogens is 362 g/mol. The summed E-state index contributed by atoms with van der Waals surface area (Å²) >= 11 is 0. The van der Waals surface area contributed by atoms with Gasteiger partial charge < -0.3 is 15.1 Å². The molecule has 29 heavy (non-hydrogen) atoms. The highest BCUT2D eigenvalue weighted by Gasteiger charge is 2.11. The van der Waals surface area contributed by atoms with E-state index in [9.17, 15) is 4.79 Å². The molecule has 0 aliphatic carbocycles. The summed E-state index contributed by atoms with van der Waals surface area (Å²) in [5.74, 6) is 1.42. The van der Waals surface area contributed by atoms with Crippen LogP contribution in [0, 0.1) is 0 Å². The molecule has 0 fully saturated rings. The number of nitrogens with one attached hydrogen (secondary N) is 1. The zero-order valence-electron chi connectivity index (χ0n) is 15.7. The van der Waals surface area contributed by atoms with Crippen LogP contribution in [0.3, 0.4) is 0 Å². The van der Waals surface area contributed by atoms with E-state index in [4.69, 9.17) is 10.2 Å². The predicted molar refractivity (Wildman–Crippen MR) is 115 cm³/mol. The second-order valence-corrected chi connectivity index (χ2v) is 7.09. The van der Waals surface area contributed by atoms with Gasteiger partial charge in [-0.2, -0.15) is 0 Å². The fourth-order valence-corrected chi connectivity index (χ4v) is 3.66. The molecule has 0 atom stereocenters. The SMILES string of the molecule is NCc1cccc(Cc2occ3ccc(-c4nc5ccccc5c(=O)[nH]4)cc23)c1. The van der Waals surface area contributed by atoms with Gasteiger partial charge in [-0.25, -0.2) is 4.98 Å². The highest BCUT2D eigenvalue weighted by molar-refractivity contribution is 5.89. The Balaban J connectivity index is 1.58. The van der Waals surface area contributed by atoms with Crippen molar-refractivity contribution in [3.63, 3.8) is 0 Å². The summed E-state index contributed by atoms with van der Waals surface area (Å²) in [5, 5.41) is 2.61. The highest BCUT2D eigenvalue weighted by atomic mass is 16.3. The van der Waals surface area contributed by atoms with Crippen molar-refractivity contribution in [1.29, 1.82) is 0 Å². The number of fused-ring (bicyclic) bond motifs is 2. The quantitative estimate of drug-likeness (QED) is 0.484. The third-order valence-electron chi connectivity index (χ3n) is 5.16. The van der Waals surface area contributed by atoms with Crippen LogP contribution in [0.1, 0.15) is 16.9 Å². The van der Waals surface area contributed by atoms with Crippen LogP contribution in [0.4, 0.5) is 0 Å². The number of hydrogen-bond donors (Lipinski definition) is 2. The summed E-state index contributed by atoms with van der Waals surface area (Å²) in [6, 6.07) is 21.5. The zero-order valence-corrected chi connectivity index (χ0v) is 15.7. The van der Waals surface area contributed by atoms with E-state index in [1.165, 1.54) is 0 Å². The minimum atomic E-state index is -0.142. The molecule has 5 rings (SSSR count). The number of nitrogens with zero attached hydrogens (tertiary/aromatic N) is 1. The van der Waals surface area contributed by atoms with Gasteiger partial charge in [-0.15, -0.1) is 0 Å². The number of para-hydroxylation sites is 1. The average molecular weight is 381 g/mol. The lowest BCUT2D eigenvalue weighted by molar-refractivity contribution is 0.526. The van der Waals surface area contributed by atoms with E-state index in [-0.39, 0.29) is 5.56 Å². The molecule has 0 bridgehead atoms. The monoisotopic (exact) mass is 381 g/mol. The predicted octanol–water partition coefficient (Wildman–Crippen LogP) is 4.39. The summed E-state index contributed by atoms with van der Waals surface area (Å²) in [6.07, 6.45) is 2.43. The van der Waals surface area contributed by atoms with Gasteiger partial charge in [-0.1, -0.05) is 48.5 Å². The Morgan fingerprint density at radius 3 is 2.69 bits per heavy atom. The first-order chi connectivity index (χ1) is 14.2. The first-order valence-corrected chi connectivity index (χ1v) is 9.49. The molecule has 0 amide bonds. The molecule has 2 heterocycles.